The molecule has 1 aromatic rings. The number of Topliss-reactive ketones (excluding diaryl/α,β-unsaturated/α-hetero) is 1. The highest BCUT2D eigenvalue weighted by molar-refractivity contribution is 7.88. The first kappa shape index (κ1) is 19.4. The summed E-state index contributed by atoms with van der Waals surface area (Å²) in [5, 5.41) is 0. The number of carbonyl (C=O) groups excluding carboxylic acids is 2. The van der Waals surface area contributed by atoms with Gasteiger partial charge < -0.3 is 9.47 Å². The molecule has 1 fully saturated rings. The molecule has 1 aromatic carbocycles. The molecule has 0 aromatic heterocycles. The third kappa shape index (κ3) is 5.54. The van der Waals surface area contributed by atoms with Gasteiger partial charge in [-0.1, -0.05) is 0 Å². The summed E-state index contributed by atoms with van der Waals surface area (Å²) in [4.78, 5) is 24.1. The van der Waals surface area contributed by atoms with Gasteiger partial charge in [0.05, 0.1) is 18.8 Å². The van der Waals surface area contributed by atoms with Crippen LogP contribution in [-0.4, -0.2) is 57.0 Å². The second-order valence-corrected chi connectivity index (χ2v) is 7.91. The Morgan fingerprint density at radius 1 is 1.16 bits per heavy atom. The number of esters is 1. The van der Waals surface area contributed by atoms with Crippen molar-refractivity contribution in [3.8, 4) is 5.75 Å². The number of ether oxygens (including phenoxy) is 2. The SMILES string of the molecule is CCOc1ccc(C(=O)COC(=O)C2CCN(S(C)(=O)=O)CC2)cc1. The summed E-state index contributed by atoms with van der Waals surface area (Å²) < 4.78 is 34.7. The monoisotopic (exact) mass is 369 g/mol. The van der Waals surface area contributed by atoms with Gasteiger partial charge in [0.2, 0.25) is 10.0 Å². The van der Waals surface area contributed by atoms with Gasteiger partial charge in [-0.15, -0.1) is 0 Å². The molecule has 1 aliphatic rings. The summed E-state index contributed by atoms with van der Waals surface area (Å²) in [5.74, 6) is -0.433. The number of nitrogens with zero attached hydrogens (tertiary/aromatic N) is 1. The van der Waals surface area contributed by atoms with Gasteiger partial charge in [-0.25, -0.2) is 12.7 Å². The second kappa shape index (κ2) is 8.44. The Bertz CT molecular complexity index is 705. The lowest BCUT2D eigenvalue weighted by Crippen LogP contribution is -2.40. The van der Waals surface area contributed by atoms with Gasteiger partial charge in [-0.3, -0.25) is 9.59 Å². The molecule has 0 bridgehead atoms. The molecular weight excluding hydrogens is 346 g/mol. The number of hydrogen-bond donors (Lipinski definition) is 0. The molecule has 1 heterocycles. The maximum absolute atomic E-state index is 12.1. The van der Waals surface area contributed by atoms with Crippen LogP contribution >= 0.6 is 0 Å². The van der Waals surface area contributed by atoms with Crippen molar-refractivity contribution >= 4 is 21.8 Å². The Balaban J connectivity index is 1.81. The first-order valence-electron chi connectivity index (χ1n) is 8.19. The highest BCUT2D eigenvalue weighted by atomic mass is 32.2. The molecule has 0 radical (unpaired) electrons. The Morgan fingerprint density at radius 3 is 2.28 bits per heavy atom. The van der Waals surface area contributed by atoms with Crippen molar-refractivity contribution in [2.75, 3.05) is 32.6 Å². The molecule has 0 spiro atoms. The van der Waals surface area contributed by atoms with E-state index in [1.165, 1.54) is 4.31 Å². The van der Waals surface area contributed by atoms with Crippen LogP contribution in [0.1, 0.15) is 30.1 Å². The van der Waals surface area contributed by atoms with Gasteiger partial charge in [-0.2, -0.15) is 0 Å². The van der Waals surface area contributed by atoms with Crippen molar-refractivity contribution in [1.29, 1.82) is 0 Å². The largest absolute Gasteiger partial charge is 0.494 e. The maximum atomic E-state index is 12.1. The van der Waals surface area contributed by atoms with Crippen LogP contribution in [0.4, 0.5) is 0 Å². The maximum Gasteiger partial charge on any atom is 0.309 e. The quantitative estimate of drug-likeness (QED) is 0.534. The highest BCUT2D eigenvalue weighted by Gasteiger charge is 2.30. The van der Waals surface area contributed by atoms with E-state index in [0.29, 0.717) is 43.9 Å². The Morgan fingerprint density at radius 2 is 1.76 bits per heavy atom. The van der Waals surface area contributed by atoms with Gasteiger partial charge in [0, 0.05) is 18.7 Å². The summed E-state index contributed by atoms with van der Waals surface area (Å²) in [6.45, 7) is 2.69. The molecule has 0 N–H and O–H groups in total. The van der Waals surface area contributed by atoms with Crippen molar-refractivity contribution in [2.45, 2.75) is 19.8 Å². The van der Waals surface area contributed by atoms with E-state index in [1.807, 2.05) is 6.92 Å². The Hall–Kier alpha value is -1.93. The predicted octanol–water partition coefficient (Wildman–Crippen LogP) is 1.48. The van der Waals surface area contributed by atoms with Crippen LogP contribution in [0.2, 0.25) is 0 Å². The zero-order chi connectivity index (χ0) is 18.4. The summed E-state index contributed by atoms with van der Waals surface area (Å²) in [6, 6.07) is 6.65. The lowest BCUT2D eigenvalue weighted by atomic mass is 9.98. The molecule has 7 nitrogen and oxygen atoms in total. The highest BCUT2D eigenvalue weighted by Crippen LogP contribution is 2.20. The van der Waals surface area contributed by atoms with Crippen LogP contribution in [0.5, 0.6) is 5.75 Å². The average Bonchev–Trinajstić information content (AvgIpc) is 2.59. The summed E-state index contributed by atoms with van der Waals surface area (Å²) in [6.07, 6.45) is 1.97. The smallest absolute Gasteiger partial charge is 0.309 e. The lowest BCUT2D eigenvalue weighted by Gasteiger charge is -2.28. The molecular formula is C17H23NO6S. The molecule has 0 unspecified atom stereocenters. The first-order valence-corrected chi connectivity index (χ1v) is 10.0. The molecule has 138 valence electrons. The van der Waals surface area contributed by atoms with Crippen LogP contribution in [-0.2, 0) is 19.6 Å². The van der Waals surface area contributed by atoms with Crippen molar-refractivity contribution in [3.05, 3.63) is 29.8 Å². The van der Waals surface area contributed by atoms with Crippen LogP contribution in [0.3, 0.4) is 0 Å². The van der Waals surface area contributed by atoms with Crippen LogP contribution in [0, 0.1) is 5.92 Å². The molecule has 2 rings (SSSR count). The lowest BCUT2D eigenvalue weighted by molar-refractivity contribution is -0.148. The minimum atomic E-state index is -3.23. The fourth-order valence-corrected chi connectivity index (χ4v) is 3.54. The molecule has 0 saturated carbocycles. The van der Waals surface area contributed by atoms with Crippen molar-refractivity contribution < 1.29 is 27.5 Å². The van der Waals surface area contributed by atoms with Gasteiger partial charge >= 0.3 is 5.97 Å². The molecule has 1 aliphatic heterocycles. The van der Waals surface area contributed by atoms with E-state index in [-0.39, 0.29) is 18.3 Å². The molecule has 0 atom stereocenters. The van der Waals surface area contributed by atoms with E-state index in [4.69, 9.17) is 9.47 Å². The van der Waals surface area contributed by atoms with Gasteiger partial charge in [-0.05, 0) is 44.0 Å². The van der Waals surface area contributed by atoms with E-state index in [9.17, 15) is 18.0 Å². The predicted molar refractivity (Wildman–Crippen MR) is 92.0 cm³/mol. The van der Waals surface area contributed by atoms with Crippen LogP contribution in [0.25, 0.3) is 0 Å². The van der Waals surface area contributed by atoms with E-state index in [2.05, 4.69) is 0 Å². The summed E-state index contributed by atoms with van der Waals surface area (Å²) in [5.41, 5.74) is 0.447. The Labute approximate surface area is 148 Å². The van der Waals surface area contributed by atoms with Crippen LogP contribution < -0.4 is 4.74 Å². The number of ketones is 1. The zero-order valence-corrected chi connectivity index (χ0v) is 15.3. The fourth-order valence-electron chi connectivity index (χ4n) is 2.66. The topological polar surface area (TPSA) is 90.0 Å². The second-order valence-electron chi connectivity index (χ2n) is 5.92. The molecule has 1 saturated heterocycles. The molecule has 0 aliphatic carbocycles. The summed E-state index contributed by atoms with van der Waals surface area (Å²) in [7, 11) is -3.23. The minimum Gasteiger partial charge on any atom is -0.494 e. The Kier molecular flexibility index (Phi) is 6.55. The van der Waals surface area contributed by atoms with Crippen molar-refractivity contribution in [1.82, 2.24) is 4.31 Å². The van der Waals surface area contributed by atoms with E-state index >= 15 is 0 Å². The van der Waals surface area contributed by atoms with Gasteiger partial charge in [0.25, 0.3) is 0 Å². The number of piperidine rings is 1. The molecule has 8 heteroatoms. The standard InChI is InChI=1S/C17H23NO6S/c1-3-23-15-6-4-13(5-7-15)16(19)12-24-17(20)14-8-10-18(11-9-14)25(2,21)22/h4-7,14H,3,8-12H2,1-2H3. The van der Waals surface area contributed by atoms with Crippen molar-refractivity contribution in [2.24, 2.45) is 5.92 Å². The third-order valence-electron chi connectivity index (χ3n) is 4.09. The van der Waals surface area contributed by atoms with Gasteiger partial charge in [0.1, 0.15) is 5.75 Å². The zero-order valence-electron chi connectivity index (χ0n) is 14.4. The van der Waals surface area contributed by atoms with E-state index in [0.717, 1.165) is 6.26 Å². The number of sulfonamides is 1. The van der Waals surface area contributed by atoms with Crippen molar-refractivity contribution in [3.63, 3.8) is 0 Å². The summed E-state index contributed by atoms with van der Waals surface area (Å²) >= 11 is 0. The molecule has 0 amide bonds. The molecule has 25 heavy (non-hydrogen) atoms. The van der Waals surface area contributed by atoms with Gasteiger partial charge in [0.15, 0.2) is 12.4 Å². The number of carbonyl (C=O) groups is 2. The minimum absolute atomic E-state index is 0.287. The average molecular weight is 369 g/mol. The third-order valence-corrected chi connectivity index (χ3v) is 5.39. The normalized spacial score (nSPS) is 16.4. The van der Waals surface area contributed by atoms with E-state index < -0.39 is 16.0 Å². The fraction of sp³-hybridized carbons (Fsp3) is 0.529. The van der Waals surface area contributed by atoms with Crippen LogP contribution in [0.15, 0.2) is 24.3 Å². The van der Waals surface area contributed by atoms with E-state index in [1.54, 1.807) is 24.3 Å². The number of rotatable bonds is 7. The number of benzene rings is 1. The number of hydrogen-bond acceptors (Lipinski definition) is 6. The first-order chi connectivity index (χ1) is 11.8.